The average molecular weight is 201 g/mol. The Morgan fingerprint density at radius 2 is 2.00 bits per heavy atom. The number of nitrogens with two attached hydrogens (primary N) is 1. The highest BCUT2D eigenvalue weighted by Gasteiger charge is 2.06. The Balaban J connectivity index is 3.56. The maximum atomic E-state index is 11.3. The molecule has 0 aliphatic carbocycles. The SMILES string of the molecule is CC(N)CN(C)CCC(=O)NC(C)C. The molecule has 0 saturated heterocycles. The normalized spacial score (nSPS) is 13.4. The van der Waals surface area contributed by atoms with E-state index in [2.05, 4.69) is 10.2 Å². The Hall–Kier alpha value is -0.610. The molecule has 0 radical (unpaired) electrons. The zero-order valence-corrected chi connectivity index (χ0v) is 9.71. The fourth-order valence-corrected chi connectivity index (χ4v) is 1.27. The van der Waals surface area contributed by atoms with Gasteiger partial charge in [0.1, 0.15) is 0 Å². The molecule has 1 atom stereocenters. The molecule has 0 aliphatic rings. The Labute approximate surface area is 86.8 Å². The summed E-state index contributed by atoms with van der Waals surface area (Å²) in [5.41, 5.74) is 5.64. The first-order valence-electron chi connectivity index (χ1n) is 5.15. The van der Waals surface area contributed by atoms with Crippen LogP contribution in [0.15, 0.2) is 0 Å². The zero-order valence-electron chi connectivity index (χ0n) is 9.71. The molecule has 0 fully saturated rings. The zero-order chi connectivity index (χ0) is 11.1. The highest BCUT2D eigenvalue weighted by atomic mass is 16.1. The van der Waals surface area contributed by atoms with Gasteiger partial charge in [-0.2, -0.15) is 0 Å². The van der Waals surface area contributed by atoms with E-state index in [-0.39, 0.29) is 18.0 Å². The van der Waals surface area contributed by atoms with Gasteiger partial charge in [-0.05, 0) is 27.8 Å². The van der Waals surface area contributed by atoms with Crippen molar-refractivity contribution in [2.24, 2.45) is 5.73 Å². The van der Waals surface area contributed by atoms with Gasteiger partial charge >= 0.3 is 0 Å². The van der Waals surface area contributed by atoms with E-state index in [0.29, 0.717) is 6.42 Å². The predicted octanol–water partition coefficient (Wildman–Crippen LogP) is 0.180. The number of carbonyl (C=O) groups is 1. The Morgan fingerprint density at radius 1 is 1.43 bits per heavy atom. The second-order valence-corrected chi connectivity index (χ2v) is 4.21. The quantitative estimate of drug-likeness (QED) is 0.644. The average Bonchev–Trinajstić information content (AvgIpc) is 1.98. The van der Waals surface area contributed by atoms with Gasteiger partial charge in [-0.1, -0.05) is 0 Å². The standard InChI is InChI=1S/C10H23N3O/c1-8(2)12-10(14)5-6-13(4)7-9(3)11/h8-9H,5-7,11H2,1-4H3,(H,12,14). The van der Waals surface area contributed by atoms with Gasteiger partial charge in [-0.3, -0.25) is 4.79 Å². The molecule has 0 spiro atoms. The van der Waals surface area contributed by atoms with Gasteiger partial charge in [0.05, 0.1) is 0 Å². The van der Waals surface area contributed by atoms with Crippen molar-refractivity contribution in [3.63, 3.8) is 0 Å². The van der Waals surface area contributed by atoms with Gasteiger partial charge in [-0.25, -0.2) is 0 Å². The van der Waals surface area contributed by atoms with Crippen LogP contribution < -0.4 is 11.1 Å². The second kappa shape index (κ2) is 6.79. The number of hydrogen-bond acceptors (Lipinski definition) is 3. The summed E-state index contributed by atoms with van der Waals surface area (Å²) in [6.45, 7) is 7.48. The Kier molecular flexibility index (Phi) is 6.49. The summed E-state index contributed by atoms with van der Waals surface area (Å²) in [7, 11) is 1.98. The van der Waals surface area contributed by atoms with E-state index in [9.17, 15) is 4.79 Å². The predicted molar refractivity (Wildman–Crippen MR) is 59.0 cm³/mol. The molecule has 0 saturated carbocycles. The van der Waals surface area contributed by atoms with Crippen LogP contribution in [-0.4, -0.2) is 43.0 Å². The summed E-state index contributed by atoms with van der Waals surface area (Å²) >= 11 is 0. The first kappa shape index (κ1) is 13.4. The number of nitrogens with zero attached hydrogens (tertiary/aromatic N) is 1. The van der Waals surface area contributed by atoms with E-state index in [1.54, 1.807) is 0 Å². The van der Waals surface area contributed by atoms with Crippen LogP contribution in [0.1, 0.15) is 27.2 Å². The molecule has 0 aromatic rings. The summed E-state index contributed by atoms with van der Waals surface area (Å²) in [5, 5.41) is 2.85. The van der Waals surface area contributed by atoms with Crippen molar-refractivity contribution in [2.75, 3.05) is 20.1 Å². The molecule has 3 N–H and O–H groups in total. The molecule has 0 aromatic carbocycles. The van der Waals surface area contributed by atoms with E-state index in [1.165, 1.54) is 0 Å². The number of carbonyl (C=O) groups excluding carboxylic acids is 1. The van der Waals surface area contributed by atoms with Crippen LogP contribution in [0, 0.1) is 0 Å². The van der Waals surface area contributed by atoms with Crippen molar-refractivity contribution in [3.8, 4) is 0 Å². The molecule has 0 aromatic heterocycles. The Morgan fingerprint density at radius 3 is 2.43 bits per heavy atom. The molecule has 0 aliphatic heterocycles. The van der Waals surface area contributed by atoms with Crippen LogP contribution >= 0.6 is 0 Å². The first-order chi connectivity index (χ1) is 6.41. The lowest BCUT2D eigenvalue weighted by atomic mass is 10.3. The summed E-state index contributed by atoms with van der Waals surface area (Å²) in [4.78, 5) is 13.3. The summed E-state index contributed by atoms with van der Waals surface area (Å²) in [5.74, 6) is 0.108. The molecule has 14 heavy (non-hydrogen) atoms. The van der Waals surface area contributed by atoms with Gasteiger partial charge < -0.3 is 16.0 Å². The summed E-state index contributed by atoms with van der Waals surface area (Å²) < 4.78 is 0. The molecular formula is C10H23N3O. The van der Waals surface area contributed by atoms with Crippen molar-refractivity contribution >= 4 is 5.91 Å². The number of nitrogens with one attached hydrogen (secondary N) is 1. The molecule has 0 heterocycles. The maximum Gasteiger partial charge on any atom is 0.221 e. The molecule has 4 nitrogen and oxygen atoms in total. The lowest BCUT2D eigenvalue weighted by Gasteiger charge is -2.18. The minimum atomic E-state index is 0.108. The molecule has 1 amide bonds. The van der Waals surface area contributed by atoms with Crippen LogP contribution in [0.25, 0.3) is 0 Å². The number of rotatable bonds is 6. The number of amides is 1. The Bertz CT molecular complexity index is 169. The number of likely N-dealkylation sites (N-methyl/N-ethyl adjacent to an activating group) is 1. The van der Waals surface area contributed by atoms with Gasteiger partial charge in [-0.15, -0.1) is 0 Å². The lowest BCUT2D eigenvalue weighted by molar-refractivity contribution is -0.121. The molecule has 84 valence electrons. The largest absolute Gasteiger partial charge is 0.354 e. The minimum Gasteiger partial charge on any atom is -0.354 e. The van der Waals surface area contributed by atoms with Crippen molar-refractivity contribution in [2.45, 2.75) is 39.3 Å². The van der Waals surface area contributed by atoms with E-state index in [4.69, 9.17) is 5.73 Å². The minimum absolute atomic E-state index is 0.108. The lowest BCUT2D eigenvalue weighted by Crippen LogP contribution is -2.37. The third kappa shape index (κ3) is 8.01. The molecular weight excluding hydrogens is 178 g/mol. The van der Waals surface area contributed by atoms with Gasteiger partial charge in [0.2, 0.25) is 5.91 Å². The maximum absolute atomic E-state index is 11.3. The second-order valence-electron chi connectivity index (χ2n) is 4.21. The van der Waals surface area contributed by atoms with Crippen LogP contribution in [0.2, 0.25) is 0 Å². The fourth-order valence-electron chi connectivity index (χ4n) is 1.27. The third-order valence-electron chi connectivity index (χ3n) is 1.77. The van der Waals surface area contributed by atoms with Crippen molar-refractivity contribution < 1.29 is 4.79 Å². The van der Waals surface area contributed by atoms with Crippen LogP contribution in [0.3, 0.4) is 0 Å². The van der Waals surface area contributed by atoms with Gasteiger partial charge in [0.25, 0.3) is 0 Å². The molecule has 0 bridgehead atoms. The molecule has 0 rings (SSSR count). The van der Waals surface area contributed by atoms with E-state index in [0.717, 1.165) is 13.1 Å². The highest BCUT2D eigenvalue weighted by molar-refractivity contribution is 5.76. The topological polar surface area (TPSA) is 58.4 Å². The van der Waals surface area contributed by atoms with Crippen LogP contribution in [-0.2, 0) is 4.79 Å². The van der Waals surface area contributed by atoms with Crippen LogP contribution in [0.5, 0.6) is 0 Å². The van der Waals surface area contributed by atoms with Crippen molar-refractivity contribution in [1.82, 2.24) is 10.2 Å². The number of hydrogen-bond donors (Lipinski definition) is 2. The fraction of sp³-hybridized carbons (Fsp3) is 0.900. The van der Waals surface area contributed by atoms with E-state index >= 15 is 0 Å². The van der Waals surface area contributed by atoms with Gasteiger partial charge in [0.15, 0.2) is 0 Å². The van der Waals surface area contributed by atoms with Gasteiger partial charge in [0, 0.05) is 31.6 Å². The monoisotopic (exact) mass is 201 g/mol. The third-order valence-corrected chi connectivity index (χ3v) is 1.77. The summed E-state index contributed by atoms with van der Waals surface area (Å²) in [6.07, 6.45) is 0.543. The molecule has 1 unspecified atom stereocenters. The first-order valence-corrected chi connectivity index (χ1v) is 5.15. The van der Waals surface area contributed by atoms with E-state index < -0.39 is 0 Å². The highest BCUT2D eigenvalue weighted by Crippen LogP contribution is 1.90. The van der Waals surface area contributed by atoms with Crippen molar-refractivity contribution in [3.05, 3.63) is 0 Å². The van der Waals surface area contributed by atoms with Crippen molar-refractivity contribution in [1.29, 1.82) is 0 Å². The smallest absolute Gasteiger partial charge is 0.221 e. The van der Waals surface area contributed by atoms with Crippen LogP contribution in [0.4, 0.5) is 0 Å². The van der Waals surface area contributed by atoms with E-state index in [1.807, 2.05) is 27.8 Å². The summed E-state index contributed by atoms with van der Waals surface area (Å²) in [6, 6.07) is 0.384. The molecule has 4 heteroatoms.